The number of carboxylic acid groups (broad SMARTS) is 1. The highest BCUT2D eigenvalue weighted by Crippen LogP contribution is 2.26. The Morgan fingerprint density at radius 2 is 2.19 bits per heavy atom. The Bertz CT molecular complexity index is 506. The molecule has 0 spiro atoms. The number of hydrogen-bond acceptors (Lipinski definition) is 3. The first-order valence-electron chi connectivity index (χ1n) is 5.09. The van der Waals surface area contributed by atoms with Crippen LogP contribution in [-0.2, 0) is 11.2 Å². The van der Waals surface area contributed by atoms with Gasteiger partial charge in [-0.2, -0.15) is 0 Å². The zero-order valence-corrected chi connectivity index (χ0v) is 9.54. The Balaban J connectivity index is 2.18. The minimum Gasteiger partial charge on any atom is -0.481 e. The molecule has 0 radical (unpaired) electrons. The van der Waals surface area contributed by atoms with E-state index in [9.17, 15) is 4.79 Å². The Labute approximate surface area is 97.5 Å². The molecule has 3 N–H and O–H groups in total. The van der Waals surface area contributed by atoms with Crippen LogP contribution in [-0.4, -0.2) is 17.1 Å². The largest absolute Gasteiger partial charge is 0.481 e. The molecule has 0 fully saturated rings. The SMILES string of the molecule is N[C@H](CC(=O)O)Cc1csc2ccccc12. The summed E-state index contributed by atoms with van der Waals surface area (Å²) in [7, 11) is 0. The summed E-state index contributed by atoms with van der Waals surface area (Å²) in [6.07, 6.45) is 0.639. The third-order valence-electron chi connectivity index (χ3n) is 2.48. The van der Waals surface area contributed by atoms with Crippen molar-refractivity contribution in [1.82, 2.24) is 0 Å². The van der Waals surface area contributed by atoms with Crippen molar-refractivity contribution in [3.8, 4) is 0 Å². The highest BCUT2D eigenvalue weighted by atomic mass is 32.1. The quantitative estimate of drug-likeness (QED) is 0.854. The highest BCUT2D eigenvalue weighted by Gasteiger charge is 2.11. The number of carboxylic acids is 1. The van der Waals surface area contributed by atoms with Crippen molar-refractivity contribution in [2.75, 3.05) is 0 Å². The molecule has 1 heterocycles. The van der Waals surface area contributed by atoms with Gasteiger partial charge in [-0.15, -0.1) is 11.3 Å². The number of benzene rings is 1. The van der Waals surface area contributed by atoms with Crippen molar-refractivity contribution in [3.63, 3.8) is 0 Å². The van der Waals surface area contributed by atoms with Crippen LogP contribution in [0.25, 0.3) is 10.1 Å². The smallest absolute Gasteiger partial charge is 0.304 e. The van der Waals surface area contributed by atoms with Crippen LogP contribution in [0.1, 0.15) is 12.0 Å². The maximum absolute atomic E-state index is 10.5. The molecular formula is C12H13NO2S. The standard InChI is InChI=1S/C12H13NO2S/c13-9(6-12(14)15)5-8-7-16-11-4-2-1-3-10(8)11/h1-4,7,9H,5-6,13H2,(H,14,15)/t9-/m0/s1. The first-order valence-corrected chi connectivity index (χ1v) is 5.97. The summed E-state index contributed by atoms with van der Waals surface area (Å²) in [4.78, 5) is 10.5. The second-order valence-electron chi connectivity index (χ2n) is 3.82. The molecular weight excluding hydrogens is 222 g/mol. The maximum Gasteiger partial charge on any atom is 0.304 e. The lowest BCUT2D eigenvalue weighted by Gasteiger charge is -2.07. The molecule has 1 aromatic carbocycles. The van der Waals surface area contributed by atoms with E-state index in [1.54, 1.807) is 11.3 Å². The first kappa shape index (κ1) is 11.1. The van der Waals surface area contributed by atoms with Gasteiger partial charge < -0.3 is 10.8 Å². The molecule has 2 rings (SSSR count). The molecule has 0 aliphatic carbocycles. The van der Waals surface area contributed by atoms with Crippen LogP contribution in [0.3, 0.4) is 0 Å². The molecule has 0 bridgehead atoms. The fourth-order valence-electron chi connectivity index (χ4n) is 1.77. The van der Waals surface area contributed by atoms with E-state index in [0.29, 0.717) is 6.42 Å². The topological polar surface area (TPSA) is 63.3 Å². The number of aliphatic carboxylic acids is 1. The van der Waals surface area contributed by atoms with E-state index in [1.807, 2.05) is 12.1 Å². The summed E-state index contributed by atoms with van der Waals surface area (Å²) in [5.74, 6) is -0.841. The molecule has 0 saturated heterocycles. The van der Waals surface area contributed by atoms with E-state index in [4.69, 9.17) is 10.8 Å². The molecule has 0 amide bonds. The van der Waals surface area contributed by atoms with Gasteiger partial charge in [0.2, 0.25) is 0 Å². The number of nitrogens with two attached hydrogens (primary N) is 1. The monoisotopic (exact) mass is 235 g/mol. The average molecular weight is 235 g/mol. The van der Waals surface area contributed by atoms with E-state index in [1.165, 1.54) is 10.1 Å². The van der Waals surface area contributed by atoms with E-state index >= 15 is 0 Å². The molecule has 3 nitrogen and oxygen atoms in total. The third-order valence-corrected chi connectivity index (χ3v) is 3.49. The van der Waals surface area contributed by atoms with Gasteiger partial charge in [-0.1, -0.05) is 18.2 Å². The molecule has 84 valence electrons. The summed E-state index contributed by atoms with van der Waals surface area (Å²) in [5, 5.41) is 11.9. The molecule has 0 saturated carbocycles. The first-order chi connectivity index (χ1) is 7.66. The number of thiophene rings is 1. The Kier molecular flexibility index (Phi) is 3.22. The molecule has 1 aromatic heterocycles. The molecule has 0 aliphatic heterocycles. The zero-order valence-electron chi connectivity index (χ0n) is 8.72. The summed E-state index contributed by atoms with van der Waals surface area (Å²) in [5.41, 5.74) is 6.93. The van der Waals surface area contributed by atoms with Crippen LogP contribution in [0.15, 0.2) is 29.6 Å². The normalized spacial score (nSPS) is 12.8. The Hall–Kier alpha value is -1.39. The number of hydrogen-bond donors (Lipinski definition) is 2. The summed E-state index contributed by atoms with van der Waals surface area (Å²) in [6, 6.07) is 7.79. The summed E-state index contributed by atoms with van der Waals surface area (Å²) < 4.78 is 1.22. The van der Waals surface area contributed by atoms with Gasteiger partial charge in [0.1, 0.15) is 0 Å². The number of rotatable bonds is 4. The summed E-state index contributed by atoms with van der Waals surface area (Å²) in [6.45, 7) is 0. The number of carbonyl (C=O) groups is 1. The van der Waals surface area contributed by atoms with E-state index in [-0.39, 0.29) is 12.5 Å². The van der Waals surface area contributed by atoms with Crippen LogP contribution in [0, 0.1) is 0 Å². The predicted molar refractivity (Wildman–Crippen MR) is 65.8 cm³/mol. The second-order valence-corrected chi connectivity index (χ2v) is 4.73. The van der Waals surface area contributed by atoms with Crippen molar-refractivity contribution in [3.05, 3.63) is 35.2 Å². The minimum atomic E-state index is -0.841. The average Bonchev–Trinajstić information content (AvgIpc) is 2.61. The van der Waals surface area contributed by atoms with E-state index in [2.05, 4.69) is 17.5 Å². The fourth-order valence-corrected chi connectivity index (χ4v) is 2.75. The van der Waals surface area contributed by atoms with Gasteiger partial charge >= 0.3 is 5.97 Å². The van der Waals surface area contributed by atoms with Gasteiger partial charge in [-0.3, -0.25) is 4.79 Å². The van der Waals surface area contributed by atoms with E-state index in [0.717, 1.165) is 5.56 Å². The van der Waals surface area contributed by atoms with Crippen LogP contribution in [0.4, 0.5) is 0 Å². The van der Waals surface area contributed by atoms with Crippen LogP contribution in [0.2, 0.25) is 0 Å². The molecule has 4 heteroatoms. The maximum atomic E-state index is 10.5. The lowest BCUT2D eigenvalue weighted by molar-refractivity contribution is -0.137. The molecule has 1 atom stereocenters. The van der Waals surface area contributed by atoms with Crippen molar-refractivity contribution in [2.45, 2.75) is 18.9 Å². The van der Waals surface area contributed by atoms with Gasteiger partial charge in [0.05, 0.1) is 6.42 Å². The lowest BCUT2D eigenvalue weighted by atomic mass is 10.0. The third kappa shape index (κ3) is 2.40. The molecule has 0 unspecified atom stereocenters. The molecule has 2 aromatic rings. The van der Waals surface area contributed by atoms with Gasteiger partial charge in [0.15, 0.2) is 0 Å². The zero-order chi connectivity index (χ0) is 11.5. The second kappa shape index (κ2) is 4.63. The van der Waals surface area contributed by atoms with Gasteiger partial charge in [-0.05, 0) is 28.8 Å². The fraction of sp³-hybridized carbons (Fsp3) is 0.250. The summed E-state index contributed by atoms with van der Waals surface area (Å²) >= 11 is 1.67. The Morgan fingerprint density at radius 1 is 1.44 bits per heavy atom. The van der Waals surface area contributed by atoms with Crippen LogP contribution in [0.5, 0.6) is 0 Å². The highest BCUT2D eigenvalue weighted by molar-refractivity contribution is 7.17. The van der Waals surface area contributed by atoms with Crippen LogP contribution >= 0.6 is 11.3 Å². The lowest BCUT2D eigenvalue weighted by Crippen LogP contribution is -2.25. The van der Waals surface area contributed by atoms with Crippen LogP contribution < -0.4 is 5.73 Å². The van der Waals surface area contributed by atoms with E-state index < -0.39 is 5.97 Å². The van der Waals surface area contributed by atoms with Crippen molar-refractivity contribution in [2.24, 2.45) is 5.73 Å². The van der Waals surface area contributed by atoms with Crippen molar-refractivity contribution < 1.29 is 9.90 Å². The number of fused-ring (bicyclic) bond motifs is 1. The Morgan fingerprint density at radius 3 is 2.94 bits per heavy atom. The van der Waals surface area contributed by atoms with Crippen molar-refractivity contribution in [1.29, 1.82) is 0 Å². The van der Waals surface area contributed by atoms with Gasteiger partial charge in [0.25, 0.3) is 0 Å². The minimum absolute atomic E-state index is 0.0180. The molecule has 0 aliphatic rings. The van der Waals surface area contributed by atoms with Gasteiger partial charge in [-0.25, -0.2) is 0 Å². The van der Waals surface area contributed by atoms with Gasteiger partial charge in [0, 0.05) is 10.7 Å². The predicted octanol–water partition coefficient (Wildman–Crippen LogP) is 2.25. The molecule has 16 heavy (non-hydrogen) atoms. The van der Waals surface area contributed by atoms with Crippen molar-refractivity contribution >= 4 is 27.4 Å².